The fourth-order valence-electron chi connectivity index (χ4n) is 1.17. The van der Waals surface area contributed by atoms with Gasteiger partial charge in [0.15, 0.2) is 5.78 Å². The summed E-state index contributed by atoms with van der Waals surface area (Å²) >= 11 is 0. The van der Waals surface area contributed by atoms with Gasteiger partial charge in [0, 0.05) is 11.6 Å². The summed E-state index contributed by atoms with van der Waals surface area (Å²) in [6.45, 7) is 5.85. The van der Waals surface area contributed by atoms with E-state index in [0.717, 1.165) is 0 Å². The molecule has 0 unspecified atom stereocenters. The molecule has 15 heavy (non-hydrogen) atoms. The Morgan fingerprint density at radius 1 is 1.47 bits per heavy atom. The molecule has 0 aliphatic carbocycles. The van der Waals surface area contributed by atoms with Crippen molar-refractivity contribution in [2.45, 2.75) is 26.8 Å². The van der Waals surface area contributed by atoms with Gasteiger partial charge in [0.1, 0.15) is 5.82 Å². The summed E-state index contributed by atoms with van der Waals surface area (Å²) < 4.78 is 13.2. The van der Waals surface area contributed by atoms with Crippen molar-refractivity contribution in [2.75, 3.05) is 6.54 Å². The average molecular weight is 209 g/mol. The molecule has 1 rings (SSSR count). The summed E-state index contributed by atoms with van der Waals surface area (Å²) in [7, 11) is 0. The first-order valence-corrected chi connectivity index (χ1v) is 5.03. The van der Waals surface area contributed by atoms with E-state index < -0.39 is 0 Å². The third kappa shape index (κ3) is 3.44. The number of carbonyl (C=O) groups is 1. The van der Waals surface area contributed by atoms with Gasteiger partial charge in [-0.3, -0.25) is 4.79 Å². The lowest BCUT2D eigenvalue weighted by Gasteiger charge is -2.07. The van der Waals surface area contributed by atoms with E-state index in [2.05, 4.69) is 5.32 Å². The number of aryl methyl sites for hydroxylation is 1. The summed E-state index contributed by atoms with van der Waals surface area (Å²) in [6.07, 6.45) is 0. The number of halogens is 1. The second kappa shape index (κ2) is 5.03. The van der Waals surface area contributed by atoms with E-state index in [-0.39, 0.29) is 24.2 Å². The van der Waals surface area contributed by atoms with E-state index in [9.17, 15) is 9.18 Å². The van der Waals surface area contributed by atoms with E-state index in [1.54, 1.807) is 19.1 Å². The van der Waals surface area contributed by atoms with Crippen LogP contribution in [0.1, 0.15) is 29.8 Å². The van der Waals surface area contributed by atoms with Crippen molar-refractivity contribution in [1.82, 2.24) is 5.32 Å². The number of benzene rings is 1. The van der Waals surface area contributed by atoms with Gasteiger partial charge in [-0.1, -0.05) is 26.0 Å². The summed E-state index contributed by atoms with van der Waals surface area (Å²) in [5.41, 5.74) is 0.981. The Morgan fingerprint density at radius 3 is 2.67 bits per heavy atom. The minimum Gasteiger partial charge on any atom is -0.307 e. The first kappa shape index (κ1) is 11.9. The third-order valence-corrected chi connectivity index (χ3v) is 2.16. The van der Waals surface area contributed by atoms with Gasteiger partial charge >= 0.3 is 0 Å². The number of hydrogen-bond donors (Lipinski definition) is 1. The first-order chi connectivity index (χ1) is 7.00. The largest absolute Gasteiger partial charge is 0.307 e. The minimum atomic E-state index is -0.328. The standard InChI is InChI=1S/C12H16FNO/c1-8(2)14-7-12(15)10-5-4-9(3)11(13)6-10/h4-6,8,14H,7H2,1-3H3. The lowest BCUT2D eigenvalue weighted by Crippen LogP contribution is -2.29. The van der Waals surface area contributed by atoms with Crippen molar-refractivity contribution in [3.63, 3.8) is 0 Å². The molecular formula is C12H16FNO. The van der Waals surface area contributed by atoms with Gasteiger partial charge in [-0.05, 0) is 18.6 Å². The van der Waals surface area contributed by atoms with Crippen LogP contribution in [-0.4, -0.2) is 18.4 Å². The Bertz CT molecular complexity index is 361. The highest BCUT2D eigenvalue weighted by atomic mass is 19.1. The van der Waals surface area contributed by atoms with Crippen LogP contribution >= 0.6 is 0 Å². The van der Waals surface area contributed by atoms with Crippen LogP contribution in [0, 0.1) is 12.7 Å². The molecule has 0 saturated heterocycles. The molecule has 0 amide bonds. The number of nitrogens with one attached hydrogen (secondary N) is 1. The maximum Gasteiger partial charge on any atom is 0.176 e. The molecule has 0 spiro atoms. The molecule has 82 valence electrons. The van der Waals surface area contributed by atoms with E-state index in [4.69, 9.17) is 0 Å². The number of rotatable bonds is 4. The molecule has 1 N–H and O–H groups in total. The molecule has 0 bridgehead atoms. The highest BCUT2D eigenvalue weighted by Gasteiger charge is 2.08. The van der Waals surface area contributed by atoms with Gasteiger partial charge in [-0.25, -0.2) is 4.39 Å². The fraction of sp³-hybridized carbons (Fsp3) is 0.417. The van der Waals surface area contributed by atoms with Crippen molar-refractivity contribution >= 4 is 5.78 Å². The van der Waals surface area contributed by atoms with Crippen molar-refractivity contribution in [3.8, 4) is 0 Å². The molecule has 1 aromatic rings. The predicted octanol–water partition coefficient (Wildman–Crippen LogP) is 2.31. The van der Waals surface area contributed by atoms with E-state index in [1.807, 2.05) is 13.8 Å². The summed E-state index contributed by atoms with van der Waals surface area (Å²) in [4.78, 5) is 11.6. The van der Waals surface area contributed by atoms with Gasteiger partial charge in [0.25, 0.3) is 0 Å². The third-order valence-electron chi connectivity index (χ3n) is 2.16. The minimum absolute atomic E-state index is 0.0809. The molecule has 3 heteroatoms. The summed E-state index contributed by atoms with van der Waals surface area (Å²) in [6, 6.07) is 4.82. The van der Waals surface area contributed by atoms with Gasteiger partial charge in [-0.2, -0.15) is 0 Å². The number of Topliss-reactive ketones (excluding diaryl/α,β-unsaturated/α-hetero) is 1. The highest BCUT2D eigenvalue weighted by molar-refractivity contribution is 5.97. The molecule has 1 aromatic carbocycles. The molecule has 2 nitrogen and oxygen atoms in total. The van der Waals surface area contributed by atoms with Gasteiger partial charge in [0.2, 0.25) is 0 Å². The normalized spacial score (nSPS) is 10.7. The number of ketones is 1. The van der Waals surface area contributed by atoms with Crippen LogP contribution in [0.4, 0.5) is 4.39 Å². The molecule has 0 aliphatic rings. The van der Waals surface area contributed by atoms with E-state index >= 15 is 0 Å². The monoisotopic (exact) mass is 209 g/mol. The second-order valence-electron chi connectivity index (χ2n) is 3.92. The Morgan fingerprint density at radius 2 is 2.13 bits per heavy atom. The zero-order valence-corrected chi connectivity index (χ0v) is 9.30. The molecule has 0 radical (unpaired) electrons. The molecule has 0 heterocycles. The molecule has 0 aliphatic heterocycles. The Balaban J connectivity index is 2.70. The highest BCUT2D eigenvalue weighted by Crippen LogP contribution is 2.09. The lowest BCUT2D eigenvalue weighted by atomic mass is 10.1. The maximum atomic E-state index is 13.2. The molecule has 0 saturated carbocycles. The molecular weight excluding hydrogens is 193 g/mol. The SMILES string of the molecule is Cc1ccc(C(=O)CNC(C)C)cc1F. The van der Waals surface area contributed by atoms with Gasteiger partial charge < -0.3 is 5.32 Å². The average Bonchev–Trinajstić information content (AvgIpc) is 2.18. The van der Waals surface area contributed by atoms with Crippen LogP contribution in [0.2, 0.25) is 0 Å². The van der Waals surface area contributed by atoms with Crippen LogP contribution in [0.5, 0.6) is 0 Å². The summed E-state index contributed by atoms with van der Waals surface area (Å²) in [5.74, 6) is -0.409. The molecule has 0 fully saturated rings. The summed E-state index contributed by atoms with van der Waals surface area (Å²) in [5, 5.41) is 3.01. The van der Waals surface area contributed by atoms with Crippen LogP contribution in [0.25, 0.3) is 0 Å². The fourth-order valence-corrected chi connectivity index (χ4v) is 1.17. The van der Waals surface area contributed by atoms with Crippen molar-refractivity contribution < 1.29 is 9.18 Å². The van der Waals surface area contributed by atoms with Gasteiger partial charge in [-0.15, -0.1) is 0 Å². The van der Waals surface area contributed by atoms with Gasteiger partial charge in [0.05, 0.1) is 6.54 Å². The number of hydrogen-bond acceptors (Lipinski definition) is 2. The van der Waals surface area contributed by atoms with E-state index in [1.165, 1.54) is 6.07 Å². The zero-order valence-electron chi connectivity index (χ0n) is 9.30. The topological polar surface area (TPSA) is 29.1 Å². The van der Waals surface area contributed by atoms with Crippen LogP contribution in [-0.2, 0) is 0 Å². The molecule has 0 aromatic heterocycles. The van der Waals surface area contributed by atoms with Crippen LogP contribution in [0.3, 0.4) is 0 Å². The van der Waals surface area contributed by atoms with Crippen LogP contribution < -0.4 is 5.32 Å². The van der Waals surface area contributed by atoms with Crippen LogP contribution in [0.15, 0.2) is 18.2 Å². The maximum absolute atomic E-state index is 13.2. The Hall–Kier alpha value is -1.22. The van der Waals surface area contributed by atoms with Crippen molar-refractivity contribution in [1.29, 1.82) is 0 Å². The van der Waals surface area contributed by atoms with E-state index in [0.29, 0.717) is 11.1 Å². The van der Waals surface area contributed by atoms with Crippen molar-refractivity contribution in [2.24, 2.45) is 0 Å². The number of carbonyl (C=O) groups excluding carboxylic acids is 1. The second-order valence-corrected chi connectivity index (χ2v) is 3.92. The first-order valence-electron chi connectivity index (χ1n) is 5.03. The lowest BCUT2D eigenvalue weighted by molar-refractivity contribution is 0.0988. The Kier molecular flexibility index (Phi) is 3.97. The Labute approximate surface area is 89.5 Å². The smallest absolute Gasteiger partial charge is 0.176 e. The van der Waals surface area contributed by atoms with Crippen molar-refractivity contribution in [3.05, 3.63) is 35.1 Å². The quantitative estimate of drug-likeness (QED) is 0.771. The zero-order chi connectivity index (χ0) is 11.4. The predicted molar refractivity (Wildman–Crippen MR) is 58.6 cm³/mol. The molecule has 0 atom stereocenters.